The number of halogens is 2. The Balaban J connectivity index is 2.46. The van der Waals surface area contributed by atoms with Crippen LogP contribution in [-0.2, 0) is 0 Å². The van der Waals surface area contributed by atoms with Crippen molar-refractivity contribution < 1.29 is 0 Å². The fraction of sp³-hybridized carbons (Fsp3) is 0.357. The van der Waals surface area contributed by atoms with E-state index >= 15 is 0 Å². The van der Waals surface area contributed by atoms with Gasteiger partial charge in [0.25, 0.3) is 0 Å². The summed E-state index contributed by atoms with van der Waals surface area (Å²) in [4.78, 5) is 4.23. The van der Waals surface area contributed by atoms with Gasteiger partial charge in [-0.3, -0.25) is 0 Å². The van der Waals surface area contributed by atoms with Crippen LogP contribution in [0, 0.1) is 0 Å². The lowest BCUT2D eigenvalue weighted by Crippen LogP contribution is -2.19. The summed E-state index contributed by atoms with van der Waals surface area (Å²) in [5, 5.41) is 1.32. The zero-order chi connectivity index (χ0) is 13.8. The van der Waals surface area contributed by atoms with E-state index in [0.717, 1.165) is 24.1 Å². The molecule has 0 saturated heterocycles. The second-order valence-corrected chi connectivity index (χ2v) is 5.33. The molecule has 0 saturated carbocycles. The molecule has 102 valence electrons. The topological polar surface area (TPSA) is 43.8 Å². The molecule has 0 bridgehead atoms. The summed E-state index contributed by atoms with van der Waals surface area (Å²) in [6.45, 7) is 2.72. The van der Waals surface area contributed by atoms with Gasteiger partial charge in [0.15, 0.2) is 0 Å². The molecule has 2 rings (SSSR count). The summed E-state index contributed by atoms with van der Waals surface area (Å²) in [6, 6.07) is 5.67. The van der Waals surface area contributed by atoms with Crippen LogP contribution >= 0.6 is 23.2 Å². The quantitative estimate of drug-likeness (QED) is 0.901. The Bertz CT molecular complexity index is 551. The minimum atomic E-state index is 0.234. The molecule has 2 aromatic rings. The van der Waals surface area contributed by atoms with Gasteiger partial charge in [0, 0.05) is 23.2 Å². The Morgan fingerprint density at radius 2 is 2.16 bits per heavy atom. The van der Waals surface area contributed by atoms with Crippen molar-refractivity contribution >= 4 is 23.2 Å². The molecule has 1 atom stereocenters. The van der Waals surface area contributed by atoms with Gasteiger partial charge in [-0.05, 0) is 24.6 Å². The molecule has 0 spiro atoms. The van der Waals surface area contributed by atoms with E-state index in [1.165, 1.54) is 0 Å². The SMILES string of the molecule is CCCC(CN)n1cncc1-c1cc(Cl)ccc1Cl. The summed E-state index contributed by atoms with van der Waals surface area (Å²) in [5.74, 6) is 0. The number of rotatable bonds is 5. The van der Waals surface area contributed by atoms with Crippen molar-refractivity contribution in [1.29, 1.82) is 0 Å². The molecule has 19 heavy (non-hydrogen) atoms. The van der Waals surface area contributed by atoms with Crippen molar-refractivity contribution in [2.45, 2.75) is 25.8 Å². The maximum atomic E-state index is 6.25. The van der Waals surface area contributed by atoms with Crippen LogP contribution in [0.4, 0.5) is 0 Å². The van der Waals surface area contributed by atoms with Gasteiger partial charge in [-0.2, -0.15) is 0 Å². The first-order chi connectivity index (χ1) is 9.17. The number of nitrogens with two attached hydrogens (primary N) is 1. The second-order valence-electron chi connectivity index (χ2n) is 4.49. The molecule has 0 aliphatic carbocycles. The van der Waals surface area contributed by atoms with Gasteiger partial charge >= 0.3 is 0 Å². The van der Waals surface area contributed by atoms with E-state index < -0.39 is 0 Å². The highest BCUT2D eigenvalue weighted by Gasteiger charge is 2.15. The Hall–Kier alpha value is -1.03. The minimum absolute atomic E-state index is 0.234. The number of aromatic nitrogens is 2. The highest BCUT2D eigenvalue weighted by Crippen LogP contribution is 2.32. The molecule has 0 radical (unpaired) electrons. The zero-order valence-corrected chi connectivity index (χ0v) is 12.3. The van der Waals surface area contributed by atoms with Gasteiger partial charge in [0.05, 0.1) is 23.2 Å². The predicted octanol–water partition coefficient (Wildman–Crippen LogP) is 4.16. The molecule has 3 nitrogen and oxygen atoms in total. The fourth-order valence-corrected chi connectivity index (χ4v) is 2.59. The van der Waals surface area contributed by atoms with Crippen LogP contribution in [0.2, 0.25) is 10.0 Å². The highest BCUT2D eigenvalue weighted by atomic mass is 35.5. The molecule has 0 aliphatic heterocycles. The average molecular weight is 298 g/mol. The fourth-order valence-electron chi connectivity index (χ4n) is 2.20. The third kappa shape index (κ3) is 3.11. The largest absolute Gasteiger partial charge is 0.328 e. The van der Waals surface area contributed by atoms with E-state index in [1.807, 2.05) is 6.07 Å². The van der Waals surface area contributed by atoms with Gasteiger partial charge in [-0.25, -0.2) is 4.98 Å². The summed E-state index contributed by atoms with van der Waals surface area (Å²) in [7, 11) is 0. The Morgan fingerprint density at radius 1 is 1.37 bits per heavy atom. The third-order valence-electron chi connectivity index (χ3n) is 3.16. The molecule has 0 fully saturated rings. The van der Waals surface area contributed by atoms with E-state index in [4.69, 9.17) is 28.9 Å². The second kappa shape index (κ2) is 6.42. The monoisotopic (exact) mass is 297 g/mol. The van der Waals surface area contributed by atoms with Crippen molar-refractivity contribution in [3.05, 3.63) is 40.8 Å². The summed E-state index contributed by atoms with van der Waals surface area (Å²) >= 11 is 12.3. The maximum absolute atomic E-state index is 6.25. The van der Waals surface area contributed by atoms with Crippen molar-refractivity contribution in [3.8, 4) is 11.3 Å². The number of benzene rings is 1. The molecule has 5 heteroatoms. The molecule has 1 aromatic carbocycles. The summed E-state index contributed by atoms with van der Waals surface area (Å²) < 4.78 is 2.08. The number of hydrogen-bond donors (Lipinski definition) is 1. The van der Waals surface area contributed by atoms with Gasteiger partial charge in [0.2, 0.25) is 0 Å². The lowest BCUT2D eigenvalue weighted by atomic mass is 10.1. The number of nitrogens with zero attached hydrogens (tertiary/aromatic N) is 2. The van der Waals surface area contributed by atoms with Crippen LogP contribution < -0.4 is 5.73 Å². The average Bonchev–Trinajstić information content (AvgIpc) is 2.87. The van der Waals surface area contributed by atoms with Crippen LogP contribution in [0.3, 0.4) is 0 Å². The Labute approximate surface area is 123 Å². The van der Waals surface area contributed by atoms with Crippen molar-refractivity contribution in [1.82, 2.24) is 9.55 Å². The highest BCUT2D eigenvalue weighted by molar-refractivity contribution is 6.35. The molecule has 0 aliphatic rings. The van der Waals surface area contributed by atoms with Crippen LogP contribution in [0.1, 0.15) is 25.8 Å². The zero-order valence-electron chi connectivity index (χ0n) is 10.8. The predicted molar refractivity (Wildman–Crippen MR) is 80.7 cm³/mol. The van der Waals surface area contributed by atoms with E-state index in [0.29, 0.717) is 16.6 Å². The third-order valence-corrected chi connectivity index (χ3v) is 3.72. The smallest absolute Gasteiger partial charge is 0.0954 e. The van der Waals surface area contributed by atoms with Crippen LogP contribution in [0.15, 0.2) is 30.7 Å². The molecule has 1 aromatic heterocycles. The minimum Gasteiger partial charge on any atom is -0.328 e. The first kappa shape index (κ1) is 14.4. The van der Waals surface area contributed by atoms with E-state index in [-0.39, 0.29) is 6.04 Å². The van der Waals surface area contributed by atoms with E-state index in [9.17, 15) is 0 Å². The van der Waals surface area contributed by atoms with Crippen molar-refractivity contribution in [3.63, 3.8) is 0 Å². The molecule has 0 amide bonds. The normalized spacial score (nSPS) is 12.6. The summed E-state index contributed by atoms with van der Waals surface area (Å²) in [6.07, 6.45) is 5.69. The Kier molecular flexibility index (Phi) is 4.86. The lowest BCUT2D eigenvalue weighted by molar-refractivity contribution is 0.473. The van der Waals surface area contributed by atoms with Crippen LogP contribution in [0.25, 0.3) is 11.3 Å². The van der Waals surface area contributed by atoms with Gasteiger partial charge < -0.3 is 10.3 Å². The lowest BCUT2D eigenvalue weighted by Gasteiger charge is -2.19. The molecule has 2 N–H and O–H groups in total. The standard InChI is InChI=1S/C14H17Cl2N3/c1-2-3-11(7-17)19-9-18-8-14(19)12-6-10(15)4-5-13(12)16/h4-6,8-9,11H,2-3,7,17H2,1H3. The molecule has 1 heterocycles. The van der Waals surface area contributed by atoms with Crippen molar-refractivity contribution in [2.75, 3.05) is 6.54 Å². The van der Waals surface area contributed by atoms with Crippen LogP contribution in [-0.4, -0.2) is 16.1 Å². The van der Waals surface area contributed by atoms with Gasteiger partial charge in [-0.1, -0.05) is 36.5 Å². The van der Waals surface area contributed by atoms with Gasteiger partial charge in [-0.15, -0.1) is 0 Å². The number of hydrogen-bond acceptors (Lipinski definition) is 2. The Morgan fingerprint density at radius 3 is 2.84 bits per heavy atom. The van der Waals surface area contributed by atoms with Crippen LogP contribution in [0.5, 0.6) is 0 Å². The van der Waals surface area contributed by atoms with E-state index in [2.05, 4.69) is 16.5 Å². The van der Waals surface area contributed by atoms with Gasteiger partial charge in [0.1, 0.15) is 0 Å². The first-order valence-corrected chi connectivity index (χ1v) is 7.10. The molecular formula is C14H17Cl2N3. The molecular weight excluding hydrogens is 281 g/mol. The first-order valence-electron chi connectivity index (χ1n) is 6.34. The van der Waals surface area contributed by atoms with E-state index in [1.54, 1.807) is 24.7 Å². The molecule has 1 unspecified atom stereocenters. The number of imidazole rings is 1. The maximum Gasteiger partial charge on any atom is 0.0954 e. The summed E-state index contributed by atoms with van der Waals surface area (Å²) in [5.41, 5.74) is 7.70. The van der Waals surface area contributed by atoms with Crippen molar-refractivity contribution in [2.24, 2.45) is 5.73 Å².